The summed E-state index contributed by atoms with van der Waals surface area (Å²) in [5.74, 6) is -1.56. The molecule has 0 spiro atoms. The number of hydrogen-bond acceptors (Lipinski definition) is 3. The van der Waals surface area contributed by atoms with Crippen molar-refractivity contribution in [1.82, 2.24) is 4.98 Å². The van der Waals surface area contributed by atoms with Gasteiger partial charge in [-0.15, -0.1) is 0 Å². The van der Waals surface area contributed by atoms with E-state index in [9.17, 15) is 18.0 Å². The van der Waals surface area contributed by atoms with E-state index in [2.05, 4.69) is 20.9 Å². The lowest BCUT2D eigenvalue weighted by Gasteiger charge is -2.21. The van der Waals surface area contributed by atoms with E-state index in [1.165, 1.54) is 25.1 Å². The predicted octanol–water partition coefficient (Wildman–Crippen LogP) is 5.17. The molecule has 130 valence electrons. The van der Waals surface area contributed by atoms with E-state index in [1.54, 1.807) is 12.1 Å². The van der Waals surface area contributed by atoms with Crippen LogP contribution in [0, 0.1) is 0 Å². The number of alkyl halides is 3. The Morgan fingerprint density at radius 2 is 1.88 bits per heavy atom. The molecule has 4 nitrogen and oxygen atoms in total. The maximum absolute atomic E-state index is 12.7. The Balaban J connectivity index is 2.00. The Morgan fingerprint density at radius 1 is 1.20 bits per heavy atom. The van der Waals surface area contributed by atoms with E-state index < -0.39 is 12.1 Å². The van der Waals surface area contributed by atoms with Crippen LogP contribution < -0.4 is 4.90 Å². The van der Waals surface area contributed by atoms with Gasteiger partial charge in [-0.1, -0.05) is 15.9 Å². The molecular formula is C17H12BrF3N2O2. The summed E-state index contributed by atoms with van der Waals surface area (Å²) < 4.78 is 44.7. The Hall–Kier alpha value is -2.35. The van der Waals surface area contributed by atoms with Crippen molar-refractivity contribution >= 4 is 38.6 Å². The van der Waals surface area contributed by atoms with Crippen LogP contribution in [0.25, 0.3) is 22.6 Å². The first-order chi connectivity index (χ1) is 11.8. The highest BCUT2D eigenvalue weighted by molar-refractivity contribution is 9.10. The lowest BCUT2D eigenvalue weighted by atomic mass is 10.2. The number of aromatic nitrogens is 1. The molecule has 25 heavy (non-hydrogen) atoms. The summed E-state index contributed by atoms with van der Waals surface area (Å²) in [6.07, 6.45) is -4.93. The van der Waals surface area contributed by atoms with Crippen LogP contribution in [0.5, 0.6) is 0 Å². The molecule has 0 saturated heterocycles. The molecule has 1 amide bonds. The van der Waals surface area contributed by atoms with Crippen molar-refractivity contribution in [1.29, 1.82) is 0 Å². The number of oxazole rings is 1. The molecule has 0 aliphatic carbocycles. The Morgan fingerprint density at radius 3 is 2.48 bits per heavy atom. The minimum Gasteiger partial charge on any atom is -0.436 e. The monoisotopic (exact) mass is 412 g/mol. The number of carbonyl (C=O) groups excluding carboxylic acids is 1. The zero-order chi connectivity index (χ0) is 18.2. The molecule has 0 bridgehead atoms. The number of fused-ring (bicyclic) bond motifs is 1. The van der Waals surface area contributed by atoms with E-state index in [0.29, 0.717) is 21.9 Å². The molecule has 0 fully saturated rings. The molecule has 0 saturated carbocycles. The second kappa shape index (κ2) is 6.51. The SMILES string of the molecule is CCN(C(=O)C(F)(F)F)c1ccc2oc(-c3ccc(Br)cc3)nc2c1. The van der Waals surface area contributed by atoms with Crippen LogP contribution in [0.4, 0.5) is 18.9 Å². The summed E-state index contributed by atoms with van der Waals surface area (Å²) in [4.78, 5) is 16.5. The number of hydrogen-bond donors (Lipinski definition) is 0. The van der Waals surface area contributed by atoms with E-state index >= 15 is 0 Å². The number of rotatable bonds is 3. The number of benzene rings is 2. The number of amides is 1. The van der Waals surface area contributed by atoms with Gasteiger partial charge in [-0.3, -0.25) is 4.79 Å². The molecule has 3 aromatic rings. The van der Waals surface area contributed by atoms with Gasteiger partial charge in [-0.05, 0) is 49.4 Å². The van der Waals surface area contributed by atoms with Gasteiger partial charge >= 0.3 is 12.1 Å². The number of carbonyl (C=O) groups is 1. The van der Waals surface area contributed by atoms with Gasteiger partial charge in [0.25, 0.3) is 0 Å². The Kier molecular flexibility index (Phi) is 4.55. The fourth-order valence-electron chi connectivity index (χ4n) is 2.40. The molecular weight excluding hydrogens is 401 g/mol. The first kappa shape index (κ1) is 17.5. The van der Waals surface area contributed by atoms with Crippen molar-refractivity contribution in [3.8, 4) is 11.5 Å². The average molecular weight is 413 g/mol. The van der Waals surface area contributed by atoms with Crippen LogP contribution in [-0.2, 0) is 4.79 Å². The highest BCUT2D eigenvalue weighted by Gasteiger charge is 2.42. The average Bonchev–Trinajstić information content (AvgIpc) is 2.98. The van der Waals surface area contributed by atoms with E-state index in [0.717, 1.165) is 10.0 Å². The molecule has 0 aliphatic rings. The van der Waals surface area contributed by atoms with Gasteiger partial charge in [-0.25, -0.2) is 4.98 Å². The van der Waals surface area contributed by atoms with E-state index in [1.807, 2.05) is 12.1 Å². The van der Waals surface area contributed by atoms with Crippen molar-refractivity contribution in [3.63, 3.8) is 0 Å². The molecule has 2 aromatic carbocycles. The first-order valence-electron chi connectivity index (χ1n) is 7.35. The Labute approximate surface area is 149 Å². The third kappa shape index (κ3) is 3.53. The van der Waals surface area contributed by atoms with Crippen molar-refractivity contribution in [3.05, 3.63) is 46.9 Å². The zero-order valence-corrected chi connectivity index (χ0v) is 14.6. The lowest BCUT2D eigenvalue weighted by Crippen LogP contribution is -2.41. The van der Waals surface area contributed by atoms with Gasteiger partial charge in [0.2, 0.25) is 5.89 Å². The molecule has 0 unspecified atom stereocenters. The second-order valence-electron chi connectivity index (χ2n) is 5.23. The van der Waals surface area contributed by atoms with Crippen LogP contribution in [0.2, 0.25) is 0 Å². The number of halogens is 4. The molecule has 0 atom stereocenters. The summed E-state index contributed by atoms with van der Waals surface area (Å²) in [6.45, 7) is 1.37. The summed E-state index contributed by atoms with van der Waals surface area (Å²) >= 11 is 3.34. The highest BCUT2D eigenvalue weighted by atomic mass is 79.9. The minimum atomic E-state index is -4.93. The zero-order valence-electron chi connectivity index (χ0n) is 13.0. The van der Waals surface area contributed by atoms with Crippen LogP contribution in [-0.4, -0.2) is 23.6 Å². The Bertz CT molecular complexity index is 920. The standard InChI is InChI=1S/C17H12BrF3N2O2/c1-2-23(16(24)17(19,20)21)12-7-8-14-13(9-12)22-15(25-14)10-3-5-11(18)6-4-10/h3-9H,2H2,1H3. The summed E-state index contributed by atoms with van der Waals surface area (Å²) in [5, 5.41) is 0. The molecule has 8 heteroatoms. The van der Waals surface area contributed by atoms with E-state index in [4.69, 9.17) is 4.42 Å². The molecule has 0 radical (unpaired) electrons. The second-order valence-corrected chi connectivity index (χ2v) is 6.14. The van der Waals surface area contributed by atoms with Crippen LogP contribution in [0.15, 0.2) is 51.4 Å². The van der Waals surface area contributed by atoms with Gasteiger partial charge in [0.1, 0.15) is 5.52 Å². The highest BCUT2D eigenvalue weighted by Crippen LogP contribution is 2.30. The van der Waals surface area contributed by atoms with Crippen molar-refractivity contribution in [2.45, 2.75) is 13.1 Å². The number of anilines is 1. The lowest BCUT2D eigenvalue weighted by molar-refractivity contribution is -0.170. The maximum Gasteiger partial charge on any atom is 0.471 e. The van der Waals surface area contributed by atoms with Crippen LogP contribution in [0.1, 0.15) is 6.92 Å². The normalized spacial score (nSPS) is 11.7. The van der Waals surface area contributed by atoms with Crippen LogP contribution in [0.3, 0.4) is 0 Å². The molecule has 1 heterocycles. The topological polar surface area (TPSA) is 46.3 Å². The van der Waals surface area contributed by atoms with Crippen molar-refractivity contribution < 1.29 is 22.4 Å². The summed E-state index contributed by atoms with van der Waals surface area (Å²) in [7, 11) is 0. The van der Waals surface area contributed by atoms with Gasteiger partial charge in [-0.2, -0.15) is 13.2 Å². The molecule has 0 aliphatic heterocycles. The number of nitrogens with zero attached hydrogens (tertiary/aromatic N) is 2. The van der Waals surface area contributed by atoms with Crippen molar-refractivity contribution in [2.75, 3.05) is 11.4 Å². The van der Waals surface area contributed by atoms with Crippen LogP contribution >= 0.6 is 15.9 Å². The summed E-state index contributed by atoms with van der Waals surface area (Å²) in [5.41, 5.74) is 1.66. The fraction of sp³-hybridized carbons (Fsp3) is 0.176. The minimum absolute atomic E-state index is 0.110. The van der Waals surface area contributed by atoms with Gasteiger partial charge < -0.3 is 9.32 Å². The maximum atomic E-state index is 12.7. The van der Waals surface area contributed by atoms with Gasteiger partial charge in [0, 0.05) is 22.3 Å². The smallest absolute Gasteiger partial charge is 0.436 e. The van der Waals surface area contributed by atoms with Gasteiger partial charge in [0.05, 0.1) is 0 Å². The molecule has 0 N–H and O–H groups in total. The van der Waals surface area contributed by atoms with Crippen molar-refractivity contribution in [2.24, 2.45) is 0 Å². The van der Waals surface area contributed by atoms with Gasteiger partial charge in [0.15, 0.2) is 5.58 Å². The quantitative estimate of drug-likeness (QED) is 0.595. The first-order valence-corrected chi connectivity index (χ1v) is 8.14. The third-order valence-corrected chi connectivity index (χ3v) is 4.11. The largest absolute Gasteiger partial charge is 0.471 e. The molecule has 1 aromatic heterocycles. The molecule has 3 rings (SSSR count). The third-order valence-electron chi connectivity index (χ3n) is 3.58. The summed E-state index contributed by atoms with van der Waals surface area (Å²) in [6, 6.07) is 11.6. The predicted molar refractivity (Wildman–Crippen MR) is 91.2 cm³/mol. The van der Waals surface area contributed by atoms with E-state index in [-0.39, 0.29) is 12.2 Å². The fourth-order valence-corrected chi connectivity index (χ4v) is 2.66.